The number of hydrogen-bond acceptors (Lipinski definition) is 4. The van der Waals surface area contributed by atoms with Gasteiger partial charge >= 0.3 is 5.69 Å². The number of sulfonamides is 1. The first kappa shape index (κ1) is 20.4. The van der Waals surface area contributed by atoms with Gasteiger partial charge in [0.05, 0.1) is 21.8 Å². The summed E-state index contributed by atoms with van der Waals surface area (Å²) in [5.74, 6) is 0. The van der Waals surface area contributed by atoms with E-state index in [-0.39, 0.29) is 16.3 Å². The molecule has 32 heavy (non-hydrogen) atoms. The van der Waals surface area contributed by atoms with Crippen LogP contribution in [0.15, 0.2) is 87.3 Å². The molecule has 0 saturated carbocycles. The maximum atomic E-state index is 13.8. The second kappa shape index (κ2) is 7.89. The molecule has 0 saturated heterocycles. The molecule has 0 spiro atoms. The average Bonchev–Trinajstić information content (AvgIpc) is 2.79. The Morgan fingerprint density at radius 2 is 1.66 bits per heavy atom. The van der Waals surface area contributed by atoms with Crippen molar-refractivity contribution in [2.24, 2.45) is 0 Å². The first-order chi connectivity index (χ1) is 15.4. The fourth-order valence-electron chi connectivity index (χ4n) is 4.41. The fourth-order valence-corrected chi connectivity index (χ4v) is 6.04. The first-order valence-corrected chi connectivity index (χ1v) is 11.8. The third-order valence-corrected chi connectivity index (χ3v) is 7.86. The number of H-pyrrole nitrogens is 2. The molecule has 8 heteroatoms. The molecule has 1 aliphatic rings. The van der Waals surface area contributed by atoms with Gasteiger partial charge in [0.15, 0.2) is 0 Å². The molecule has 0 fully saturated rings. The van der Waals surface area contributed by atoms with Crippen molar-refractivity contribution in [2.45, 2.75) is 23.8 Å². The molecule has 1 atom stereocenters. The van der Waals surface area contributed by atoms with E-state index < -0.39 is 21.3 Å². The van der Waals surface area contributed by atoms with Crippen LogP contribution in [0.25, 0.3) is 10.9 Å². The molecule has 3 aromatic carbocycles. The maximum Gasteiger partial charge on any atom is 0.326 e. The van der Waals surface area contributed by atoms with Crippen molar-refractivity contribution >= 4 is 20.9 Å². The summed E-state index contributed by atoms with van der Waals surface area (Å²) in [4.78, 5) is 28.5. The van der Waals surface area contributed by atoms with Gasteiger partial charge in [0.2, 0.25) is 10.0 Å². The lowest BCUT2D eigenvalue weighted by atomic mass is 9.90. The van der Waals surface area contributed by atoms with Crippen molar-refractivity contribution < 1.29 is 8.42 Å². The highest BCUT2D eigenvalue weighted by molar-refractivity contribution is 7.89. The van der Waals surface area contributed by atoms with Crippen LogP contribution < -0.4 is 11.2 Å². The zero-order valence-corrected chi connectivity index (χ0v) is 17.9. The van der Waals surface area contributed by atoms with E-state index in [4.69, 9.17) is 0 Å². The fraction of sp³-hybridized carbons (Fsp3) is 0.167. The highest BCUT2D eigenvalue weighted by Gasteiger charge is 2.36. The number of aromatic nitrogens is 2. The highest BCUT2D eigenvalue weighted by atomic mass is 32.2. The van der Waals surface area contributed by atoms with Crippen LogP contribution in [-0.4, -0.2) is 29.2 Å². The van der Waals surface area contributed by atoms with Crippen LogP contribution in [0.1, 0.15) is 22.7 Å². The molecule has 0 amide bonds. The van der Waals surface area contributed by atoms with Gasteiger partial charge in [-0.1, -0.05) is 54.6 Å². The predicted molar refractivity (Wildman–Crippen MR) is 122 cm³/mol. The zero-order chi connectivity index (χ0) is 22.3. The molecular weight excluding hydrogens is 426 g/mol. The van der Waals surface area contributed by atoms with E-state index in [2.05, 4.69) is 9.97 Å². The molecule has 1 aliphatic heterocycles. The van der Waals surface area contributed by atoms with Crippen LogP contribution in [0.3, 0.4) is 0 Å². The quantitative estimate of drug-likeness (QED) is 0.502. The highest BCUT2D eigenvalue weighted by Crippen LogP contribution is 2.36. The van der Waals surface area contributed by atoms with Crippen molar-refractivity contribution in [1.82, 2.24) is 14.3 Å². The van der Waals surface area contributed by atoms with Gasteiger partial charge in [-0.15, -0.1) is 0 Å². The Hall–Kier alpha value is -3.49. The molecular formula is C24H21N3O4S. The summed E-state index contributed by atoms with van der Waals surface area (Å²) in [6.45, 7) is 0.344. The lowest BCUT2D eigenvalue weighted by Crippen LogP contribution is -2.41. The van der Waals surface area contributed by atoms with Crippen LogP contribution in [-0.2, 0) is 22.9 Å². The minimum atomic E-state index is -3.90. The van der Waals surface area contributed by atoms with Gasteiger partial charge in [0.1, 0.15) is 0 Å². The number of nitrogens with one attached hydrogen (secondary N) is 2. The first-order valence-electron chi connectivity index (χ1n) is 10.3. The summed E-state index contributed by atoms with van der Waals surface area (Å²) < 4.78 is 29.1. The second-order valence-electron chi connectivity index (χ2n) is 7.89. The average molecular weight is 448 g/mol. The summed E-state index contributed by atoms with van der Waals surface area (Å²) >= 11 is 0. The predicted octanol–water partition coefficient (Wildman–Crippen LogP) is 2.75. The number of nitrogens with zero attached hydrogens (tertiary/aromatic N) is 1. The number of fused-ring (bicyclic) bond motifs is 2. The molecule has 4 aromatic rings. The molecule has 7 nitrogen and oxygen atoms in total. The van der Waals surface area contributed by atoms with Crippen molar-refractivity contribution in [3.05, 3.63) is 110 Å². The Morgan fingerprint density at radius 1 is 0.906 bits per heavy atom. The molecule has 1 aromatic heterocycles. The molecule has 0 bridgehead atoms. The zero-order valence-electron chi connectivity index (χ0n) is 17.1. The number of hydrogen-bond donors (Lipinski definition) is 2. The van der Waals surface area contributed by atoms with Gasteiger partial charge in [-0.2, -0.15) is 4.31 Å². The van der Waals surface area contributed by atoms with Gasteiger partial charge in [-0.05, 0) is 47.7 Å². The van der Waals surface area contributed by atoms with Crippen molar-refractivity contribution in [1.29, 1.82) is 0 Å². The van der Waals surface area contributed by atoms with Crippen LogP contribution in [0.2, 0.25) is 0 Å². The molecule has 2 N–H and O–H groups in total. The van der Waals surface area contributed by atoms with E-state index in [0.717, 1.165) is 16.7 Å². The van der Waals surface area contributed by atoms with Crippen LogP contribution in [0.4, 0.5) is 0 Å². The molecule has 2 heterocycles. The lowest BCUT2D eigenvalue weighted by Gasteiger charge is -2.36. The van der Waals surface area contributed by atoms with E-state index in [9.17, 15) is 18.0 Å². The van der Waals surface area contributed by atoms with Gasteiger partial charge in [0, 0.05) is 6.54 Å². The van der Waals surface area contributed by atoms with Crippen molar-refractivity contribution in [3.63, 3.8) is 0 Å². The largest absolute Gasteiger partial charge is 0.326 e. The summed E-state index contributed by atoms with van der Waals surface area (Å²) in [6.07, 6.45) is 1.15. The van der Waals surface area contributed by atoms with E-state index >= 15 is 0 Å². The van der Waals surface area contributed by atoms with Gasteiger partial charge < -0.3 is 4.98 Å². The summed E-state index contributed by atoms with van der Waals surface area (Å²) in [5.41, 5.74) is 2.23. The Balaban J connectivity index is 1.62. The minimum Gasteiger partial charge on any atom is -0.307 e. The monoisotopic (exact) mass is 447 g/mol. The summed E-state index contributed by atoms with van der Waals surface area (Å²) in [6, 6.07) is 21.6. The van der Waals surface area contributed by atoms with Crippen LogP contribution in [0.5, 0.6) is 0 Å². The lowest BCUT2D eigenvalue weighted by molar-refractivity contribution is 0.306. The standard InChI is InChI=1S/C24H21N3O4S/c28-23-20-15-18(10-11-21(20)25-24(29)26-23)32(30,31)27-13-12-17-8-4-5-9-19(17)22(27)14-16-6-2-1-3-7-16/h1-11,15,22H,12-14H2,(H2,25,26,28,29)/t22-/m1/s1. The Labute approximate surface area is 184 Å². The Bertz CT molecular complexity index is 1520. The molecule has 162 valence electrons. The smallest absolute Gasteiger partial charge is 0.307 e. The Morgan fingerprint density at radius 3 is 2.47 bits per heavy atom. The third kappa shape index (κ3) is 3.57. The number of rotatable bonds is 4. The summed E-state index contributed by atoms with van der Waals surface area (Å²) in [5, 5.41) is 0.127. The molecule has 0 unspecified atom stereocenters. The normalized spacial score (nSPS) is 16.7. The van der Waals surface area contributed by atoms with Gasteiger partial charge in [0.25, 0.3) is 5.56 Å². The van der Waals surface area contributed by atoms with E-state index in [1.165, 1.54) is 22.5 Å². The van der Waals surface area contributed by atoms with Crippen LogP contribution >= 0.6 is 0 Å². The SMILES string of the molecule is O=c1[nH]c(=O)c2cc(S(=O)(=O)N3CCc4ccccc4[C@H]3Cc3ccccc3)ccc2[nH]1. The second-order valence-corrected chi connectivity index (χ2v) is 9.78. The Kier molecular flexibility index (Phi) is 5.03. The number of benzene rings is 3. The minimum absolute atomic E-state index is 0.0278. The van der Waals surface area contributed by atoms with E-state index in [1.807, 2.05) is 54.6 Å². The third-order valence-electron chi connectivity index (χ3n) is 5.95. The summed E-state index contributed by atoms with van der Waals surface area (Å²) in [7, 11) is -3.90. The molecule has 0 radical (unpaired) electrons. The van der Waals surface area contributed by atoms with Crippen LogP contribution in [0, 0.1) is 0 Å². The number of aromatic amines is 2. The van der Waals surface area contributed by atoms with E-state index in [1.54, 1.807) is 0 Å². The molecule has 5 rings (SSSR count). The van der Waals surface area contributed by atoms with E-state index in [0.29, 0.717) is 24.9 Å². The molecule has 0 aliphatic carbocycles. The van der Waals surface area contributed by atoms with Crippen molar-refractivity contribution in [3.8, 4) is 0 Å². The van der Waals surface area contributed by atoms with Crippen molar-refractivity contribution in [2.75, 3.05) is 6.54 Å². The topological polar surface area (TPSA) is 103 Å². The van der Waals surface area contributed by atoms with Gasteiger partial charge in [-0.3, -0.25) is 9.78 Å². The maximum absolute atomic E-state index is 13.8. The van der Waals surface area contributed by atoms with Gasteiger partial charge in [-0.25, -0.2) is 13.2 Å².